The Labute approximate surface area is 205 Å². The Morgan fingerprint density at radius 2 is 1.81 bits per heavy atom. The lowest BCUT2D eigenvalue weighted by atomic mass is 10.0. The molecule has 0 bridgehead atoms. The van der Waals surface area contributed by atoms with Gasteiger partial charge in [0.05, 0.1) is 24.2 Å². The molecule has 0 saturated heterocycles. The highest BCUT2D eigenvalue weighted by molar-refractivity contribution is 9.10. The van der Waals surface area contributed by atoms with Crippen LogP contribution in [0.4, 0.5) is 0 Å². The van der Waals surface area contributed by atoms with Crippen molar-refractivity contribution in [3.05, 3.63) is 91.4 Å². The maximum Gasteiger partial charge on any atom is 0.244 e. The molecule has 3 rings (SSSR count). The minimum Gasteiger partial charge on any atom is -0.493 e. The first-order chi connectivity index (χ1) is 15.4. The number of halogens is 2. The number of benzene rings is 3. The second-order valence-electron chi connectivity index (χ2n) is 7.35. The number of carbonyl (C=O) groups excluding carboxylic acids is 1. The molecule has 0 fully saturated rings. The SMILES string of the molecule is COc1cc(/C=N/NC(=O)Cc2ccc(C)cc2C)cc(Br)c1OCc1ccc(Br)cc1. The number of amides is 1. The number of nitrogens with zero attached hydrogens (tertiary/aromatic N) is 1. The van der Waals surface area contributed by atoms with Crippen molar-refractivity contribution in [1.82, 2.24) is 5.43 Å². The van der Waals surface area contributed by atoms with Crippen LogP contribution in [0.25, 0.3) is 0 Å². The lowest BCUT2D eigenvalue weighted by Crippen LogP contribution is -2.20. The lowest BCUT2D eigenvalue weighted by molar-refractivity contribution is -0.120. The van der Waals surface area contributed by atoms with Crippen molar-refractivity contribution >= 4 is 44.0 Å². The molecule has 0 aromatic heterocycles. The van der Waals surface area contributed by atoms with Crippen molar-refractivity contribution in [1.29, 1.82) is 0 Å². The zero-order valence-electron chi connectivity index (χ0n) is 18.1. The molecule has 7 heteroatoms. The third-order valence-electron chi connectivity index (χ3n) is 4.80. The van der Waals surface area contributed by atoms with Gasteiger partial charge in [-0.05, 0) is 76.3 Å². The van der Waals surface area contributed by atoms with Crippen molar-refractivity contribution in [3.63, 3.8) is 0 Å². The average molecular weight is 560 g/mol. The topological polar surface area (TPSA) is 59.9 Å². The van der Waals surface area contributed by atoms with Crippen LogP contribution in [-0.4, -0.2) is 19.2 Å². The highest BCUT2D eigenvalue weighted by atomic mass is 79.9. The number of aryl methyl sites for hydroxylation is 2. The van der Waals surface area contributed by atoms with Gasteiger partial charge in [0.2, 0.25) is 5.91 Å². The molecule has 1 amide bonds. The molecular formula is C25H24Br2N2O3. The summed E-state index contributed by atoms with van der Waals surface area (Å²) in [5, 5.41) is 4.09. The van der Waals surface area contributed by atoms with Crippen LogP contribution >= 0.6 is 31.9 Å². The van der Waals surface area contributed by atoms with Crippen LogP contribution in [0.5, 0.6) is 11.5 Å². The number of hydrogen-bond donors (Lipinski definition) is 1. The van der Waals surface area contributed by atoms with E-state index in [0.29, 0.717) is 18.1 Å². The summed E-state index contributed by atoms with van der Waals surface area (Å²) in [6.07, 6.45) is 1.85. The predicted octanol–water partition coefficient (Wildman–Crippen LogP) is 6.11. The van der Waals surface area contributed by atoms with Crippen LogP contribution in [0, 0.1) is 13.8 Å². The standard InChI is InChI=1S/C25H24Br2N2O3/c1-16-4-7-20(17(2)10-16)13-24(30)29-28-14-19-11-22(27)25(23(12-19)31-3)32-15-18-5-8-21(26)9-6-18/h4-12,14H,13,15H2,1-3H3,(H,29,30)/b28-14+. The molecule has 3 aromatic carbocycles. The van der Waals surface area contributed by atoms with E-state index < -0.39 is 0 Å². The number of ether oxygens (including phenoxy) is 2. The first kappa shape index (κ1) is 24.0. The Bertz CT molecular complexity index is 1130. The highest BCUT2D eigenvalue weighted by Gasteiger charge is 2.12. The Hall–Kier alpha value is -2.64. The van der Waals surface area contributed by atoms with E-state index >= 15 is 0 Å². The molecule has 32 heavy (non-hydrogen) atoms. The molecule has 1 N–H and O–H groups in total. The van der Waals surface area contributed by atoms with E-state index in [1.165, 1.54) is 5.56 Å². The molecule has 0 aliphatic carbocycles. The fraction of sp³-hybridized carbons (Fsp3) is 0.200. The third-order valence-corrected chi connectivity index (χ3v) is 5.92. The van der Waals surface area contributed by atoms with Crippen molar-refractivity contribution in [2.45, 2.75) is 26.9 Å². The Kier molecular flexibility index (Phi) is 8.47. The van der Waals surface area contributed by atoms with E-state index in [9.17, 15) is 4.79 Å². The smallest absolute Gasteiger partial charge is 0.244 e. The largest absolute Gasteiger partial charge is 0.493 e. The van der Waals surface area contributed by atoms with E-state index in [-0.39, 0.29) is 12.3 Å². The maximum absolute atomic E-state index is 12.2. The van der Waals surface area contributed by atoms with Gasteiger partial charge in [-0.15, -0.1) is 0 Å². The summed E-state index contributed by atoms with van der Waals surface area (Å²) in [6.45, 7) is 4.44. The van der Waals surface area contributed by atoms with Gasteiger partial charge in [0.1, 0.15) is 6.61 Å². The van der Waals surface area contributed by atoms with Gasteiger partial charge in [0.25, 0.3) is 0 Å². The Morgan fingerprint density at radius 3 is 2.50 bits per heavy atom. The summed E-state index contributed by atoms with van der Waals surface area (Å²) in [4.78, 5) is 12.2. The number of hydrogen-bond acceptors (Lipinski definition) is 4. The van der Waals surface area contributed by atoms with Gasteiger partial charge < -0.3 is 9.47 Å². The normalized spacial score (nSPS) is 10.9. The third kappa shape index (κ3) is 6.68. The van der Waals surface area contributed by atoms with Gasteiger partial charge in [0, 0.05) is 4.47 Å². The number of rotatable bonds is 8. The van der Waals surface area contributed by atoms with Crippen LogP contribution in [0.1, 0.15) is 27.8 Å². The number of nitrogens with one attached hydrogen (secondary N) is 1. The quantitative estimate of drug-likeness (QED) is 0.267. The second kappa shape index (κ2) is 11.3. The minimum absolute atomic E-state index is 0.173. The Morgan fingerprint density at radius 1 is 1.06 bits per heavy atom. The monoisotopic (exact) mass is 558 g/mol. The first-order valence-corrected chi connectivity index (χ1v) is 11.6. The Balaban J connectivity index is 1.63. The summed E-state index contributed by atoms with van der Waals surface area (Å²) in [5.41, 5.74) is 7.64. The second-order valence-corrected chi connectivity index (χ2v) is 9.12. The van der Waals surface area contributed by atoms with E-state index in [1.54, 1.807) is 19.4 Å². The number of methoxy groups -OCH3 is 1. The summed E-state index contributed by atoms with van der Waals surface area (Å²) >= 11 is 6.97. The molecular weight excluding hydrogens is 536 g/mol. The highest BCUT2D eigenvalue weighted by Crippen LogP contribution is 2.37. The van der Waals surface area contributed by atoms with Crippen molar-refractivity contribution in [2.75, 3.05) is 7.11 Å². The molecule has 0 unspecified atom stereocenters. The van der Waals surface area contributed by atoms with Crippen LogP contribution < -0.4 is 14.9 Å². The minimum atomic E-state index is -0.173. The zero-order chi connectivity index (χ0) is 23.1. The molecule has 0 aliphatic heterocycles. The summed E-state index contributed by atoms with van der Waals surface area (Å²) < 4.78 is 13.2. The molecule has 166 valence electrons. The first-order valence-electron chi connectivity index (χ1n) is 9.98. The van der Waals surface area contributed by atoms with Gasteiger partial charge in [-0.1, -0.05) is 51.8 Å². The zero-order valence-corrected chi connectivity index (χ0v) is 21.3. The van der Waals surface area contributed by atoms with Crippen LogP contribution in [0.3, 0.4) is 0 Å². The van der Waals surface area contributed by atoms with Crippen LogP contribution in [0.2, 0.25) is 0 Å². The number of hydrazone groups is 1. The molecule has 0 heterocycles. The lowest BCUT2D eigenvalue weighted by Gasteiger charge is -2.13. The van der Waals surface area contributed by atoms with Crippen molar-refractivity contribution < 1.29 is 14.3 Å². The molecule has 0 radical (unpaired) electrons. The molecule has 0 atom stereocenters. The summed E-state index contributed by atoms with van der Waals surface area (Å²) in [7, 11) is 1.58. The van der Waals surface area contributed by atoms with Gasteiger partial charge >= 0.3 is 0 Å². The fourth-order valence-electron chi connectivity index (χ4n) is 3.13. The summed E-state index contributed by atoms with van der Waals surface area (Å²) in [6, 6.07) is 17.6. The van der Waals surface area contributed by atoms with Gasteiger partial charge in [-0.2, -0.15) is 5.10 Å². The van der Waals surface area contributed by atoms with E-state index in [1.807, 2.05) is 56.3 Å². The van der Waals surface area contributed by atoms with Gasteiger partial charge in [0.15, 0.2) is 11.5 Å². The predicted molar refractivity (Wildman–Crippen MR) is 135 cm³/mol. The molecule has 3 aromatic rings. The van der Waals surface area contributed by atoms with Crippen LogP contribution in [0.15, 0.2) is 68.6 Å². The number of carbonyl (C=O) groups is 1. The van der Waals surface area contributed by atoms with Crippen LogP contribution in [-0.2, 0) is 17.8 Å². The molecule has 0 saturated carbocycles. The molecule has 0 aliphatic rings. The summed E-state index contributed by atoms with van der Waals surface area (Å²) in [5.74, 6) is 1.000. The van der Waals surface area contributed by atoms with Gasteiger partial charge in [-0.25, -0.2) is 5.43 Å². The molecule has 0 spiro atoms. The maximum atomic E-state index is 12.2. The van der Waals surface area contributed by atoms with E-state index in [2.05, 4.69) is 48.5 Å². The van der Waals surface area contributed by atoms with E-state index in [4.69, 9.17) is 9.47 Å². The van der Waals surface area contributed by atoms with Gasteiger partial charge in [-0.3, -0.25) is 4.79 Å². The van der Waals surface area contributed by atoms with E-state index in [0.717, 1.165) is 31.2 Å². The van der Waals surface area contributed by atoms with Crippen molar-refractivity contribution in [2.24, 2.45) is 5.10 Å². The average Bonchev–Trinajstić information content (AvgIpc) is 2.76. The van der Waals surface area contributed by atoms with Crippen molar-refractivity contribution in [3.8, 4) is 11.5 Å². The fourth-order valence-corrected chi connectivity index (χ4v) is 3.96. The molecule has 5 nitrogen and oxygen atoms in total.